The summed E-state index contributed by atoms with van der Waals surface area (Å²) in [5.74, 6) is -0.700. The zero-order chi connectivity index (χ0) is 29.4. The third-order valence-electron chi connectivity index (χ3n) is 7.10. The Morgan fingerprint density at radius 3 is 2.08 bits per heavy atom. The Labute approximate surface area is 239 Å². The van der Waals surface area contributed by atoms with Gasteiger partial charge in [0.2, 0.25) is 11.8 Å². The number of hydrogen-bond acceptors (Lipinski definition) is 4. The first-order valence-corrected chi connectivity index (χ1v) is 15.2. The van der Waals surface area contributed by atoms with Crippen LogP contribution in [0.5, 0.6) is 0 Å². The topological polar surface area (TPSA) is 86.8 Å². The molecule has 0 spiro atoms. The molecular formula is C32H41N3O4S. The van der Waals surface area contributed by atoms with Gasteiger partial charge in [0.05, 0.1) is 10.6 Å². The van der Waals surface area contributed by atoms with Gasteiger partial charge in [-0.1, -0.05) is 74.0 Å². The predicted octanol–water partition coefficient (Wildman–Crippen LogP) is 5.53. The van der Waals surface area contributed by atoms with Crippen LogP contribution in [0.25, 0.3) is 0 Å². The summed E-state index contributed by atoms with van der Waals surface area (Å²) < 4.78 is 29.1. The van der Waals surface area contributed by atoms with E-state index in [0.29, 0.717) is 12.1 Å². The highest BCUT2D eigenvalue weighted by Crippen LogP contribution is 2.28. The third kappa shape index (κ3) is 7.50. The van der Waals surface area contributed by atoms with Crippen LogP contribution in [0.15, 0.2) is 77.7 Å². The van der Waals surface area contributed by atoms with Gasteiger partial charge in [-0.3, -0.25) is 13.9 Å². The molecule has 2 unspecified atom stereocenters. The standard InChI is InChI=1S/C32H41N3O4S/c1-7-26(6)33-32(37)29(8-2)34(21-27-18-15-23(3)16-19-27)31(36)22-35(30-20-24(4)14-17-25(30)5)40(38,39)28-12-10-9-11-13-28/h9-20,26,29H,7-8,21-22H2,1-6H3,(H,33,37). The van der Waals surface area contributed by atoms with E-state index < -0.39 is 28.5 Å². The number of rotatable bonds is 12. The van der Waals surface area contributed by atoms with Gasteiger partial charge < -0.3 is 10.2 Å². The van der Waals surface area contributed by atoms with Gasteiger partial charge in [0.15, 0.2) is 0 Å². The molecule has 3 rings (SSSR count). The molecule has 0 heterocycles. The minimum Gasteiger partial charge on any atom is -0.352 e. The van der Waals surface area contributed by atoms with Gasteiger partial charge in [0.25, 0.3) is 10.0 Å². The molecule has 0 bridgehead atoms. The number of carbonyl (C=O) groups excluding carboxylic acids is 2. The molecule has 2 atom stereocenters. The van der Waals surface area contributed by atoms with Gasteiger partial charge >= 0.3 is 0 Å². The van der Waals surface area contributed by atoms with E-state index in [-0.39, 0.29) is 23.4 Å². The predicted molar refractivity (Wildman–Crippen MR) is 161 cm³/mol. The Bertz CT molecular complexity index is 1410. The fourth-order valence-corrected chi connectivity index (χ4v) is 5.96. The molecule has 3 aromatic carbocycles. The van der Waals surface area contributed by atoms with Crippen LogP contribution < -0.4 is 9.62 Å². The van der Waals surface area contributed by atoms with Crippen molar-refractivity contribution < 1.29 is 18.0 Å². The summed E-state index contributed by atoms with van der Waals surface area (Å²) in [5.41, 5.74) is 3.97. The number of carbonyl (C=O) groups is 2. The van der Waals surface area contributed by atoms with Crippen molar-refractivity contribution >= 4 is 27.5 Å². The first kappa shape index (κ1) is 30.9. The number of aryl methyl sites for hydroxylation is 3. The molecule has 0 aliphatic rings. The molecule has 1 N–H and O–H groups in total. The number of benzene rings is 3. The zero-order valence-corrected chi connectivity index (χ0v) is 25.2. The molecular weight excluding hydrogens is 522 g/mol. The van der Waals surface area contributed by atoms with E-state index >= 15 is 0 Å². The molecule has 2 amide bonds. The summed E-state index contributed by atoms with van der Waals surface area (Å²) in [6, 6.07) is 20.6. The van der Waals surface area contributed by atoms with Crippen molar-refractivity contribution in [2.75, 3.05) is 10.8 Å². The highest BCUT2D eigenvalue weighted by molar-refractivity contribution is 7.92. The first-order valence-electron chi connectivity index (χ1n) is 13.8. The van der Waals surface area contributed by atoms with Gasteiger partial charge in [0, 0.05) is 12.6 Å². The van der Waals surface area contributed by atoms with Crippen LogP contribution in [0, 0.1) is 20.8 Å². The Kier molecular flexibility index (Phi) is 10.5. The largest absolute Gasteiger partial charge is 0.352 e. The minimum atomic E-state index is -4.09. The molecule has 0 radical (unpaired) electrons. The molecule has 0 saturated heterocycles. The summed E-state index contributed by atoms with van der Waals surface area (Å²) in [6.07, 6.45) is 1.14. The Balaban J connectivity index is 2.08. The smallest absolute Gasteiger partial charge is 0.264 e. The second-order valence-electron chi connectivity index (χ2n) is 10.4. The van der Waals surface area contributed by atoms with Crippen LogP contribution in [0.2, 0.25) is 0 Å². The average molecular weight is 564 g/mol. The molecule has 214 valence electrons. The summed E-state index contributed by atoms with van der Waals surface area (Å²) in [5, 5.41) is 3.00. The van der Waals surface area contributed by atoms with Crippen molar-refractivity contribution in [3.8, 4) is 0 Å². The average Bonchev–Trinajstić information content (AvgIpc) is 2.94. The zero-order valence-electron chi connectivity index (χ0n) is 24.3. The lowest BCUT2D eigenvalue weighted by molar-refractivity contribution is -0.140. The van der Waals surface area contributed by atoms with E-state index in [4.69, 9.17) is 0 Å². The number of hydrogen-bond donors (Lipinski definition) is 1. The number of amides is 2. The number of anilines is 1. The van der Waals surface area contributed by atoms with Crippen LogP contribution in [0.3, 0.4) is 0 Å². The summed E-state index contributed by atoms with van der Waals surface area (Å²) >= 11 is 0. The van der Waals surface area contributed by atoms with E-state index in [1.807, 2.05) is 77.9 Å². The molecule has 7 nitrogen and oxygen atoms in total. The van der Waals surface area contributed by atoms with Crippen molar-refractivity contribution in [1.82, 2.24) is 10.2 Å². The van der Waals surface area contributed by atoms with E-state index in [0.717, 1.165) is 28.7 Å². The molecule has 0 aliphatic carbocycles. The van der Waals surface area contributed by atoms with E-state index in [1.54, 1.807) is 24.3 Å². The first-order chi connectivity index (χ1) is 19.0. The van der Waals surface area contributed by atoms with Crippen LogP contribution in [-0.2, 0) is 26.2 Å². The normalized spacial score (nSPS) is 12.8. The second kappa shape index (κ2) is 13.6. The molecule has 0 aromatic heterocycles. The maximum atomic E-state index is 14.2. The van der Waals surface area contributed by atoms with E-state index in [2.05, 4.69) is 5.32 Å². The maximum absolute atomic E-state index is 14.2. The van der Waals surface area contributed by atoms with Crippen LogP contribution in [0.1, 0.15) is 55.9 Å². The number of nitrogens with one attached hydrogen (secondary N) is 1. The van der Waals surface area contributed by atoms with Crippen molar-refractivity contribution in [2.24, 2.45) is 0 Å². The Hall–Kier alpha value is -3.65. The van der Waals surface area contributed by atoms with Gasteiger partial charge in [-0.05, 0) is 75.4 Å². The van der Waals surface area contributed by atoms with E-state index in [1.165, 1.54) is 21.3 Å². The lowest BCUT2D eigenvalue weighted by Gasteiger charge is -2.34. The fourth-order valence-electron chi connectivity index (χ4n) is 4.47. The lowest BCUT2D eigenvalue weighted by Crippen LogP contribution is -2.53. The van der Waals surface area contributed by atoms with Crippen LogP contribution in [0.4, 0.5) is 5.69 Å². The molecule has 0 saturated carbocycles. The van der Waals surface area contributed by atoms with Crippen molar-refractivity contribution in [1.29, 1.82) is 0 Å². The fraction of sp³-hybridized carbons (Fsp3) is 0.375. The summed E-state index contributed by atoms with van der Waals surface area (Å²) in [4.78, 5) is 29.2. The lowest BCUT2D eigenvalue weighted by atomic mass is 10.1. The maximum Gasteiger partial charge on any atom is 0.264 e. The van der Waals surface area contributed by atoms with Crippen molar-refractivity contribution in [3.05, 3.63) is 95.1 Å². The third-order valence-corrected chi connectivity index (χ3v) is 8.88. The molecule has 0 fully saturated rings. The Morgan fingerprint density at radius 2 is 1.48 bits per heavy atom. The quantitative estimate of drug-likeness (QED) is 0.314. The number of nitrogens with zero attached hydrogens (tertiary/aromatic N) is 2. The summed E-state index contributed by atoms with van der Waals surface area (Å²) in [7, 11) is -4.09. The summed E-state index contributed by atoms with van der Waals surface area (Å²) in [6.45, 7) is 11.2. The van der Waals surface area contributed by atoms with Crippen molar-refractivity contribution in [3.63, 3.8) is 0 Å². The number of sulfonamides is 1. The monoisotopic (exact) mass is 563 g/mol. The molecule has 0 aliphatic heterocycles. The highest BCUT2D eigenvalue weighted by atomic mass is 32.2. The highest BCUT2D eigenvalue weighted by Gasteiger charge is 2.34. The van der Waals surface area contributed by atoms with Gasteiger partial charge in [-0.15, -0.1) is 0 Å². The molecule has 8 heteroatoms. The van der Waals surface area contributed by atoms with Crippen LogP contribution >= 0.6 is 0 Å². The minimum absolute atomic E-state index is 0.0530. The Morgan fingerprint density at radius 1 is 0.850 bits per heavy atom. The van der Waals surface area contributed by atoms with Gasteiger partial charge in [-0.25, -0.2) is 8.42 Å². The second-order valence-corrected chi connectivity index (χ2v) is 12.2. The SMILES string of the molecule is CCC(C)NC(=O)C(CC)N(Cc1ccc(C)cc1)C(=O)CN(c1cc(C)ccc1C)S(=O)(=O)c1ccccc1. The van der Waals surface area contributed by atoms with Gasteiger partial charge in [0.1, 0.15) is 12.6 Å². The van der Waals surface area contributed by atoms with E-state index in [9.17, 15) is 18.0 Å². The molecule has 40 heavy (non-hydrogen) atoms. The van der Waals surface area contributed by atoms with Crippen LogP contribution in [-0.4, -0.2) is 43.8 Å². The van der Waals surface area contributed by atoms with Crippen molar-refractivity contribution in [2.45, 2.75) is 77.9 Å². The van der Waals surface area contributed by atoms with Gasteiger partial charge in [-0.2, -0.15) is 0 Å². The molecule has 3 aromatic rings.